The summed E-state index contributed by atoms with van der Waals surface area (Å²) in [5, 5.41) is 8.72. The molecule has 0 bridgehead atoms. The van der Waals surface area contributed by atoms with Crippen LogP contribution in [0.3, 0.4) is 0 Å². The van der Waals surface area contributed by atoms with Crippen molar-refractivity contribution in [2.45, 2.75) is 38.7 Å². The van der Waals surface area contributed by atoms with Crippen molar-refractivity contribution in [3.05, 3.63) is 23.3 Å². The Labute approximate surface area is 134 Å². The maximum Gasteiger partial charge on any atom is 0.341 e. The second-order valence-corrected chi connectivity index (χ2v) is 5.57. The number of thiol groups is 1. The fourth-order valence-electron chi connectivity index (χ4n) is 2.12. The van der Waals surface area contributed by atoms with Crippen LogP contribution in [-0.2, 0) is 9.59 Å². The molecule has 0 saturated heterocycles. The van der Waals surface area contributed by atoms with Crippen molar-refractivity contribution in [1.82, 2.24) is 4.72 Å². The molecule has 22 heavy (non-hydrogen) atoms. The van der Waals surface area contributed by atoms with E-state index in [4.69, 9.17) is 14.6 Å². The van der Waals surface area contributed by atoms with Gasteiger partial charge in [0, 0.05) is 5.56 Å². The molecule has 1 aliphatic rings. The Kier molecular flexibility index (Phi) is 5.18. The molecule has 120 valence electrons. The van der Waals surface area contributed by atoms with E-state index in [2.05, 4.69) is 17.5 Å². The van der Waals surface area contributed by atoms with Gasteiger partial charge in [-0.3, -0.25) is 9.52 Å². The topological polar surface area (TPSA) is 84.9 Å². The lowest BCUT2D eigenvalue weighted by Crippen LogP contribution is -2.31. The van der Waals surface area contributed by atoms with Gasteiger partial charge in [0.25, 0.3) is 5.91 Å². The van der Waals surface area contributed by atoms with Crippen molar-refractivity contribution in [2.24, 2.45) is 0 Å². The van der Waals surface area contributed by atoms with E-state index in [9.17, 15) is 9.59 Å². The maximum absolute atomic E-state index is 11.5. The van der Waals surface area contributed by atoms with E-state index in [0.29, 0.717) is 17.4 Å². The normalized spacial score (nSPS) is 15.0. The van der Waals surface area contributed by atoms with Crippen LogP contribution in [0.4, 0.5) is 0 Å². The molecule has 0 radical (unpaired) electrons. The Morgan fingerprint density at radius 1 is 1.41 bits per heavy atom. The predicted molar refractivity (Wildman–Crippen MR) is 83.5 cm³/mol. The summed E-state index contributed by atoms with van der Waals surface area (Å²) >= 11 is 3.73. The molecule has 0 spiro atoms. The number of rotatable bonds is 7. The van der Waals surface area contributed by atoms with E-state index in [1.807, 2.05) is 13.0 Å². The first-order valence-corrected chi connectivity index (χ1v) is 7.46. The molecule has 1 saturated carbocycles. The Hall–Kier alpha value is -1.89. The largest absolute Gasteiger partial charge is 0.482 e. The number of ether oxygens (including phenoxy) is 2. The van der Waals surface area contributed by atoms with E-state index >= 15 is 0 Å². The molecular formula is C15H19NO5S. The van der Waals surface area contributed by atoms with E-state index in [1.165, 1.54) is 0 Å². The van der Waals surface area contributed by atoms with Crippen LogP contribution in [-0.4, -0.2) is 29.7 Å². The zero-order valence-electron chi connectivity index (χ0n) is 12.5. The number of aryl methyl sites for hydroxylation is 1. The number of carboxylic acids is 1. The molecule has 1 fully saturated rings. The summed E-state index contributed by atoms with van der Waals surface area (Å²) in [5.74, 6) is 0.185. The highest BCUT2D eigenvalue weighted by atomic mass is 32.1. The lowest BCUT2D eigenvalue weighted by atomic mass is 10.1. The number of carbonyl (C=O) groups is 2. The standard InChI is InChI=1S/C15H19NO5S/c1-8-5-13(21-9(2)15(19)16-22)11(10-3-4-10)6-12(8)20-7-14(17)18/h5-6,9-10,22H,3-4,7H2,1-2H3,(H,16,19)(H,17,18). The first-order chi connectivity index (χ1) is 10.4. The highest BCUT2D eigenvalue weighted by molar-refractivity contribution is 7.78. The van der Waals surface area contributed by atoms with Crippen molar-refractivity contribution in [3.63, 3.8) is 0 Å². The molecule has 6 nitrogen and oxygen atoms in total. The highest BCUT2D eigenvalue weighted by Gasteiger charge is 2.29. The van der Waals surface area contributed by atoms with Crippen molar-refractivity contribution in [1.29, 1.82) is 0 Å². The van der Waals surface area contributed by atoms with Crippen molar-refractivity contribution in [2.75, 3.05) is 6.61 Å². The number of benzene rings is 1. The summed E-state index contributed by atoms with van der Waals surface area (Å²) in [6.45, 7) is 3.07. The quantitative estimate of drug-likeness (QED) is 0.668. The Morgan fingerprint density at radius 3 is 2.64 bits per heavy atom. The smallest absolute Gasteiger partial charge is 0.341 e. The number of aliphatic carboxylic acids is 1. The van der Waals surface area contributed by atoms with Crippen LogP contribution in [0.15, 0.2) is 12.1 Å². The summed E-state index contributed by atoms with van der Waals surface area (Å²) in [6, 6.07) is 3.60. The van der Waals surface area contributed by atoms with Gasteiger partial charge in [-0.05, 0) is 50.3 Å². The summed E-state index contributed by atoms with van der Waals surface area (Å²) in [7, 11) is 0. The highest BCUT2D eigenvalue weighted by Crippen LogP contribution is 2.46. The molecular weight excluding hydrogens is 306 g/mol. The molecule has 1 unspecified atom stereocenters. The second kappa shape index (κ2) is 6.91. The molecule has 1 aromatic rings. The molecule has 2 rings (SSSR count). The van der Waals surface area contributed by atoms with Crippen LogP contribution in [0.1, 0.15) is 36.8 Å². The summed E-state index contributed by atoms with van der Waals surface area (Å²) < 4.78 is 13.3. The van der Waals surface area contributed by atoms with Gasteiger partial charge in [0.2, 0.25) is 0 Å². The number of carboxylic acid groups (broad SMARTS) is 1. The number of amides is 1. The van der Waals surface area contributed by atoms with E-state index < -0.39 is 12.1 Å². The number of carbonyl (C=O) groups excluding carboxylic acids is 1. The van der Waals surface area contributed by atoms with Crippen molar-refractivity contribution < 1.29 is 24.2 Å². The van der Waals surface area contributed by atoms with Crippen LogP contribution in [0.5, 0.6) is 11.5 Å². The second-order valence-electron chi connectivity index (χ2n) is 5.35. The van der Waals surface area contributed by atoms with Crippen molar-refractivity contribution in [3.8, 4) is 11.5 Å². The van der Waals surface area contributed by atoms with Crippen LogP contribution in [0, 0.1) is 6.92 Å². The zero-order valence-corrected chi connectivity index (χ0v) is 13.4. The number of hydrogen-bond acceptors (Lipinski definition) is 5. The first-order valence-electron chi connectivity index (χ1n) is 7.02. The molecule has 0 aromatic heterocycles. The van der Waals surface area contributed by atoms with E-state index in [1.54, 1.807) is 13.0 Å². The third kappa shape index (κ3) is 4.07. The fourth-order valence-corrected chi connectivity index (χ4v) is 2.30. The van der Waals surface area contributed by atoms with Gasteiger partial charge in [-0.1, -0.05) is 12.8 Å². The van der Waals surface area contributed by atoms with Gasteiger partial charge in [-0.25, -0.2) is 4.79 Å². The summed E-state index contributed by atoms with van der Waals surface area (Å²) in [5.41, 5.74) is 1.71. The molecule has 1 atom stereocenters. The van der Waals surface area contributed by atoms with Gasteiger partial charge in [-0.2, -0.15) is 0 Å². The first kappa shape index (κ1) is 16.5. The van der Waals surface area contributed by atoms with Crippen LogP contribution in [0.2, 0.25) is 0 Å². The lowest BCUT2D eigenvalue weighted by Gasteiger charge is -2.18. The molecule has 2 N–H and O–H groups in total. The SMILES string of the molecule is Cc1cc(OC(C)C(=O)NS)c(C2CC2)cc1OCC(=O)O. The summed E-state index contributed by atoms with van der Waals surface area (Å²) in [6.07, 6.45) is 1.43. The van der Waals surface area contributed by atoms with Crippen LogP contribution >= 0.6 is 12.8 Å². The average molecular weight is 325 g/mol. The predicted octanol–water partition coefficient (Wildman–Crippen LogP) is 2.06. The van der Waals surface area contributed by atoms with Gasteiger partial charge in [-0.15, -0.1) is 0 Å². The molecule has 1 amide bonds. The molecule has 1 aliphatic carbocycles. The number of nitrogens with one attached hydrogen (secondary N) is 1. The molecule has 0 aliphatic heterocycles. The monoisotopic (exact) mass is 325 g/mol. The minimum atomic E-state index is -1.02. The van der Waals surface area contributed by atoms with Gasteiger partial charge in [0.1, 0.15) is 11.5 Å². The van der Waals surface area contributed by atoms with Crippen molar-refractivity contribution >= 4 is 24.7 Å². The lowest BCUT2D eigenvalue weighted by molar-refractivity contribution is -0.139. The summed E-state index contributed by atoms with van der Waals surface area (Å²) in [4.78, 5) is 22.2. The third-order valence-corrected chi connectivity index (χ3v) is 3.68. The third-order valence-electron chi connectivity index (χ3n) is 3.46. The van der Waals surface area contributed by atoms with Gasteiger partial charge >= 0.3 is 5.97 Å². The Morgan fingerprint density at radius 2 is 2.09 bits per heavy atom. The fraction of sp³-hybridized carbons (Fsp3) is 0.467. The number of hydrogen-bond donors (Lipinski definition) is 3. The van der Waals surface area contributed by atoms with E-state index in [-0.39, 0.29) is 12.5 Å². The molecule has 0 heterocycles. The van der Waals surface area contributed by atoms with Gasteiger partial charge in [0.15, 0.2) is 12.7 Å². The van der Waals surface area contributed by atoms with E-state index in [0.717, 1.165) is 24.0 Å². The average Bonchev–Trinajstić information content (AvgIpc) is 3.29. The van der Waals surface area contributed by atoms with Crippen LogP contribution in [0.25, 0.3) is 0 Å². The van der Waals surface area contributed by atoms with Gasteiger partial charge in [0.05, 0.1) is 0 Å². The maximum atomic E-state index is 11.5. The minimum absolute atomic E-state index is 0.325. The van der Waals surface area contributed by atoms with Gasteiger partial charge < -0.3 is 14.6 Å². The minimum Gasteiger partial charge on any atom is -0.482 e. The Bertz CT molecular complexity index is 586. The molecule has 7 heteroatoms. The molecule has 1 aromatic carbocycles. The van der Waals surface area contributed by atoms with Crippen LogP contribution < -0.4 is 14.2 Å². The Balaban J connectivity index is 2.24. The zero-order chi connectivity index (χ0) is 16.3.